The van der Waals surface area contributed by atoms with Gasteiger partial charge in [-0.05, 0) is 39.3 Å². The third kappa shape index (κ3) is 5.19. The van der Waals surface area contributed by atoms with Gasteiger partial charge in [0.25, 0.3) is 0 Å². The quantitative estimate of drug-likeness (QED) is 0.596. The number of likely N-dealkylation sites (N-methyl/N-ethyl adjacent to an activating group) is 1. The first-order valence-corrected chi connectivity index (χ1v) is 6.76. The maximum absolute atomic E-state index is 9.27. The second-order valence-corrected chi connectivity index (χ2v) is 5.04. The smallest absolute Gasteiger partial charge is 0.124 e. The number of unbranched alkanes of at least 4 members (excludes halogenated alkanes) is 1. The Labute approximate surface area is 115 Å². The number of ether oxygens (including phenoxy) is 1. The molecule has 0 radical (unpaired) electrons. The lowest BCUT2D eigenvalue weighted by molar-refractivity contribution is 0.168. The molecule has 0 aliphatic heterocycles. The number of aliphatic hydroxyl groups is 2. The highest BCUT2D eigenvalue weighted by atomic mass is 16.5. The van der Waals surface area contributed by atoms with Gasteiger partial charge in [-0.15, -0.1) is 0 Å². The van der Waals surface area contributed by atoms with Gasteiger partial charge in [-0.1, -0.05) is 18.2 Å². The minimum Gasteiger partial charge on any atom is -0.493 e. The Morgan fingerprint density at radius 3 is 2.58 bits per heavy atom. The highest BCUT2D eigenvalue weighted by Gasteiger charge is 2.19. The van der Waals surface area contributed by atoms with Crippen LogP contribution in [0.5, 0.6) is 5.75 Å². The topological polar surface area (TPSA) is 61.7 Å². The first-order valence-electron chi connectivity index (χ1n) is 6.76. The fraction of sp³-hybridized carbons (Fsp3) is 0.600. The van der Waals surface area contributed by atoms with Gasteiger partial charge in [-0.25, -0.2) is 0 Å². The third-order valence-electron chi connectivity index (χ3n) is 3.48. The first-order chi connectivity index (χ1) is 9.15. The second kappa shape index (κ2) is 8.15. The van der Waals surface area contributed by atoms with E-state index < -0.39 is 0 Å². The van der Waals surface area contributed by atoms with Crippen molar-refractivity contribution in [2.24, 2.45) is 0 Å². The van der Waals surface area contributed by atoms with Crippen molar-refractivity contribution in [2.75, 3.05) is 20.3 Å². The molecule has 1 aromatic rings. The zero-order chi connectivity index (χ0) is 14.1. The van der Waals surface area contributed by atoms with Crippen molar-refractivity contribution in [3.8, 4) is 5.75 Å². The SMILES string of the molecule is CNC(C)(CO)CCCCOc1ccccc1CO. The van der Waals surface area contributed by atoms with E-state index in [-0.39, 0.29) is 18.8 Å². The van der Waals surface area contributed by atoms with E-state index in [1.165, 1.54) is 0 Å². The van der Waals surface area contributed by atoms with Gasteiger partial charge in [0.1, 0.15) is 5.75 Å². The highest BCUT2D eigenvalue weighted by Crippen LogP contribution is 2.18. The van der Waals surface area contributed by atoms with E-state index in [1.807, 2.05) is 38.2 Å². The van der Waals surface area contributed by atoms with Gasteiger partial charge >= 0.3 is 0 Å². The van der Waals surface area contributed by atoms with E-state index in [4.69, 9.17) is 4.74 Å². The molecule has 19 heavy (non-hydrogen) atoms. The lowest BCUT2D eigenvalue weighted by Gasteiger charge is -2.26. The second-order valence-electron chi connectivity index (χ2n) is 5.04. The monoisotopic (exact) mass is 267 g/mol. The van der Waals surface area contributed by atoms with Gasteiger partial charge in [0.05, 0.1) is 19.8 Å². The van der Waals surface area contributed by atoms with Crippen molar-refractivity contribution >= 4 is 0 Å². The van der Waals surface area contributed by atoms with Gasteiger partial charge < -0.3 is 20.3 Å². The maximum atomic E-state index is 9.27. The van der Waals surface area contributed by atoms with Crippen molar-refractivity contribution in [1.82, 2.24) is 5.32 Å². The molecule has 108 valence electrons. The molecule has 0 fully saturated rings. The predicted molar refractivity (Wildman–Crippen MR) is 76.3 cm³/mol. The molecule has 0 amide bonds. The van der Waals surface area contributed by atoms with Crippen LogP contribution in [-0.2, 0) is 6.61 Å². The van der Waals surface area contributed by atoms with Gasteiger partial charge in [0.15, 0.2) is 0 Å². The summed E-state index contributed by atoms with van der Waals surface area (Å²) in [6.45, 7) is 2.77. The summed E-state index contributed by atoms with van der Waals surface area (Å²) in [5.41, 5.74) is 0.612. The molecule has 0 spiro atoms. The minimum absolute atomic E-state index is 0.00148. The normalized spacial score (nSPS) is 14.1. The number of para-hydroxylation sites is 1. The van der Waals surface area contributed by atoms with Gasteiger partial charge in [-0.3, -0.25) is 0 Å². The van der Waals surface area contributed by atoms with Crippen molar-refractivity contribution in [3.63, 3.8) is 0 Å². The summed E-state index contributed by atoms with van der Waals surface area (Å²) in [6.07, 6.45) is 2.82. The molecule has 1 aromatic carbocycles. The van der Waals surface area contributed by atoms with E-state index in [9.17, 15) is 10.2 Å². The number of rotatable bonds is 9. The van der Waals surface area contributed by atoms with Crippen LogP contribution in [0.2, 0.25) is 0 Å². The molecule has 0 aliphatic rings. The average molecular weight is 267 g/mol. The van der Waals surface area contributed by atoms with Crippen LogP contribution in [-0.4, -0.2) is 36.0 Å². The molecular weight excluding hydrogens is 242 g/mol. The van der Waals surface area contributed by atoms with Crippen LogP contribution in [0, 0.1) is 0 Å². The lowest BCUT2D eigenvalue weighted by Crippen LogP contribution is -2.43. The van der Waals surface area contributed by atoms with E-state index in [1.54, 1.807) is 0 Å². The molecule has 0 saturated carbocycles. The van der Waals surface area contributed by atoms with Crippen LogP contribution < -0.4 is 10.1 Å². The minimum atomic E-state index is -0.205. The summed E-state index contributed by atoms with van der Waals surface area (Å²) in [5.74, 6) is 0.753. The Kier molecular flexibility index (Phi) is 6.84. The molecule has 1 rings (SSSR count). The van der Waals surface area contributed by atoms with Crippen molar-refractivity contribution in [3.05, 3.63) is 29.8 Å². The number of aliphatic hydroxyl groups excluding tert-OH is 2. The van der Waals surface area contributed by atoms with Crippen molar-refractivity contribution in [1.29, 1.82) is 0 Å². The third-order valence-corrected chi connectivity index (χ3v) is 3.48. The van der Waals surface area contributed by atoms with Crippen molar-refractivity contribution in [2.45, 2.75) is 38.3 Å². The largest absolute Gasteiger partial charge is 0.493 e. The molecule has 0 saturated heterocycles. The molecule has 0 bridgehead atoms. The van der Waals surface area contributed by atoms with E-state index in [0.29, 0.717) is 6.61 Å². The Balaban J connectivity index is 2.28. The molecule has 0 heterocycles. The molecule has 0 aromatic heterocycles. The van der Waals surface area contributed by atoms with Crippen LogP contribution in [0.15, 0.2) is 24.3 Å². The van der Waals surface area contributed by atoms with Gasteiger partial charge in [0, 0.05) is 11.1 Å². The molecular formula is C15H25NO3. The maximum Gasteiger partial charge on any atom is 0.124 e. The fourth-order valence-electron chi connectivity index (χ4n) is 1.86. The zero-order valence-electron chi connectivity index (χ0n) is 11.9. The molecule has 4 nitrogen and oxygen atoms in total. The summed E-state index contributed by atoms with van der Waals surface area (Å²) >= 11 is 0. The lowest BCUT2D eigenvalue weighted by atomic mass is 9.96. The van der Waals surface area contributed by atoms with Crippen LogP contribution in [0.3, 0.4) is 0 Å². The summed E-state index contributed by atoms with van der Waals surface area (Å²) in [4.78, 5) is 0. The predicted octanol–water partition coefficient (Wildman–Crippen LogP) is 1.70. The first kappa shape index (κ1) is 16.0. The van der Waals surface area contributed by atoms with Crippen molar-refractivity contribution < 1.29 is 14.9 Å². The Bertz CT molecular complexity index is 364. The summed E-state index contributed by atoms with van der Waals surface area (Å²) in [6, 6.07) is 7.52. The molecule has 0 aliphatic carbocycles. The standard InChI is InChI=1S/C15H25NO3/c1-15(12-18,16-2)9-5-6-10-19-14-8-4-3-7-13(14)11-17/h3-4,7-8,16-18H,5-6,9-12H2,1-2H3. The molecule has 3 N–H and O–H groups in total. The Morgan fingerprint density at radius 1 is 1.21 bits per heavy atom. The number of hydrogen-bond donors (Lipinski definition) is 3. The van der Waals surface area contributed by atoms with Gasteiger partial charge in [0.2, 0.25) is 0 Å². The summed E-state index contributed by atoms with van der Waals surface area (Å²) in [5, 5.41) is 21.6. The van der Waals surface area contributed by atoms with E-state index >= 15 is 0 Å². The summed E-state index contributed by atoms with van der Waals surface area (Å²) < 4.78 is 5.67. The molecule has 1 atom stereocenters. The van der Waals surface area contributed by atoms with E-state index in [2.05, 4.69) is 5.32 Å². The summed E-state index contributed by atoms with van der Waals surface area (Å²) in [7, 11) is 1.87. The Hall–Kier alpha value is -1.10. The average Bonchev–Trinajstić information content (AvgIpc) is 2.47. The van der Waals surface area contributed by atoms with Crippen LogP contribution in [0.4, 0.5) is 0 Å². The fourth-order valence-corrected chi connectivity index (χ4v) is 1.86. The van der Waals surface area contributed by atoms with Crippen LogP contribution >= 0.6 is 0 Å². The zero-order valence-corrected chi connectivity index (χ0v) is 11.9. The number of benzene rings is 1. The molecule has 1 unspecified atom stereocenters. The number of hydrogen-bond acceptors (Lipinski definition) is 4. The van der Waals surface area contributed by atoms with Gasteiger partial charge in [-0.2, -0.15) is 0 Å². The van der Waals surface area contributed by atoms with E-state index in [0.717, 1.165) is 30.6 Å². The number of nitrogens with one attached hydrogen (secondary N) is 1. The van der Waals surface area contributed by atoms with Crippen LogP contribution in [0.1, 0.15) is 31.7 Å². The van der Waals surface area contributed by atoms with Crippen LogP contribution in [0.25, 0.3) is 0 Å². The Morgan fingerprint density at radius 2 is 1.95 bits per heavy atom. The highest BCUT2D eigenvalue weighted by molar-refractivity contribution is 5.32. The molecule has 4 heteroatoms.